The highest BCUT2D eigenvalue weighted by Crippen LogP contribution is 2.25. The van der Waals surface area contributed by atoms with E-state index in [1.165, 1.54) is 0 Å². The number of anilines is 3. The van der Waals surface area contributed by atoms with Crippen molar-refractivity contribution in [2.45, 2.75) is 19.8 Å². The summed E-state index contributed by atoms with van der Waals surface area (Å²) in [5.74, 6) is 0.950. The van der Waals surface area contributed by atoms with Crippen LogP contribution in [0, 0.1) is 6.92 Å². The number of nitrogens with zero attached hydrogens (tertiary/aromatic N) is 3. The molecule has 1 aliphatic rings. The molecule has 1 saturated heterocycles. The van der Waals surface area contributed by atoms with Gasteiger partial charge in [-0.2, -0.15) is 0 Å². The molecule has 2 aromatic carbocycles. The Morgan fingerprint density at radius 1 is 1.00 bits per heavy atom. The van der Waals surface area contributed by atoms with E-state index >= 15 is 0 Å². The first-order valence-electron chi connectivity index (χ1n) is 8.11. The van der Waals surface area contributed by atoms with Crippen molar-refractivity contribution in [3.8, 4) is 0 Å². The number of hydrogen-bond acceptors (Lipinski definition) is 4. The molecule has 4 rings (SSSR count). The Kier molecular flexibility index (Phi) is 3.61. The van der Waals surface area contributed by atoms with Crippen LogP contribution in [0.5, 0.6) is 0 Å². The third-order valence-corrected chi connectivity index (χ3v) is 4.26. The number of carbonyl (C=O) groups is 1. The molecule has 1 amide bonds. The van der Waals surface area contributed by atoms with E-state index in [2.05, 4.69) is 15.3 Å². The van der Waals surface area contributed by atoms with Crippen molar-refractivity contribution in [1.29, 1.82) is 0 Å². The topological polar surface area (TPSA) is 58.1 Å². The predicted octanol–water partition coefficient (Wildman–Crippen LogP) is 3.81. The number of fused-ring (bicyclic) bond motifs is 1. The summed E-state index contributed by atoms with van der Waals surface area (Å²) in [6.45, 7) is 2.75. The van der Waals surface area contributed by atoms with Gasteiger partial charge in [-0.25, -0.2) is 9.97 Å². The Morgan fingerprint density at radius 2 is 1.71 bits per heavy atom. The largest absolute Gasteiger partial charge is 0.339 e. The molecule has 5 heteroatoms. The fourth-order valence-corrected chi connectivity index (χ4v) is 2.99. The minimum Gasteiger partial charge on any atom is -0.339 e. The van der Waals surface area contributed by atoms with E-state index in [-0.39, 0.29) is 5.91 Å². The lowest BCUT2D eigenvalue weighted by molar-refractivity contribution is -0.117. The molecule has 0 spiro atoms. The van der Waals surface area contributed by atoms with Crippen LogP contribution in [0.1, 0.15) is 18.5 Å². The maximum Gasteiger partial charge on any atom is 0.227 e. The molecule has 1 fully saturated rings. The van der Waals surface area contributed by atoms with Crippen LogP contribution < -0.4 is 10.2 Å². The number of benzene rings is 2. The number of rotatable bonds is 3. The highest BCUT2D eigenvalue weighted by Gasteiger charge is 2.21. The Balaban J connectivity index is 1.59. The molecule has 0 unspecified atom stereocenters. The lowest BCUT2D eigenvalue weighted by Crippen LogP contribution is -2.23. The molecule has 5 nitrogen and oxygen atoms in total. The Bertz CT molecular complexity index is 905. The minimum atomic E-state index is 0.201. The Morgan fingerprint density at radius 3 is 2.38 bits per heavy atom. The third-order valence-electron chi connectivity index (χ3n) is 4.26. The monoisotopic (exact) mass is 318 g/mol. The van der Waals surface area contributed by atoms with Gasteiger partial charge in [-0.15, -0.1) is 0 Å². The fourth-order valence-electron chi connectivity index (χ4n) is 2.99. The van der Waals surface area contributed by atoms with Crippen LogP contribution in [-0.2, 0) is 4.79 Å². The molecule has 0 bridgehead atoms. The van der Waals surface area contributed by atoms with Crippen molar-refractivity contribution >= 4 is 34.1 Å². The molecule has 24 heavy (non-hydrogen) atoms. The highest BCUT2D eigenvalue weighted by atomic mass is 16.2. The van der Waals surface area contributed by atoms with Gasteiger partial charge in [-0.05, 0) is 49.7 Å². The summed E-state index contributed by atoms with van der Waals surface area (Å²) in [5, 5.41) is 3.32. The molecule has 1 aromatic heterocycles. The van der Waals surface area contributed by atoms with Gasteiger partial charge in [0.2, 0.25) is 5.91 Å². The normalized spacial score (nSPS) is 14.4. The van der Waals surface area contributed by atoms with Gasteiger partial charge in [-0.3, -0.25) is 4.79 Å². The average Bonchev–Trinajstić information content (AvgIpc) is 3.02. The first kappa shape index (κ1) is 14.6. The molecule has 2 heterocycles. The lowest BCUT2D eigenvalue weighted by atomic mass is 10.2. The second kappa shape index (κ2) is 5.92. The molecule has 0 atom stereocenters. The standard InChI is InChI=1S/C19H18N4O/c1-13-19(22-17-6-3-2-5-16(17)20-13)21-14-8-10-15(11-9-14)23-12-4-7-18(23)24/h2-3,5-6,8-11H,4,7,12H2,1H3,(H,21,22). The lowest BCUT2D eigenvalue weighted by Gasteiger charge is -2.16. The Hall–Kier alpha value is -2.95. The van der Waals surface area contributed by atoms with E-state index in [1.54, 1.807) is 0 Å². The quantitative estimate of drug-likeness (QED) is 0.798. The second-order valence-electron chi connectivity index (χ2n) is 5.97. The van der Waals surface area contributed by atoms with Crippen LogP contribution in [0.25, 0.3) is 11.0 Å². The van der Waals surface area contributed by atoms with Crippen molar-refractivity contribution in [1.82, 2.24) is 9.97 Å². The minimum absolute atomic E-state index is 0.201. The number of carbonyl (C=O) groups excluding carboxylic acids is 1. The van der Waals surface area contributed by atoms with Gasteiger partial charge in [0.25, 0.3) is 0 Å². The van der Waals surface area contributed by atoms with Gasteiger partial charge >= 0.3 is 0 Å². The molecule has 120 valence electrons. The van der Waals surface area contributed by atoms with Crippen molar-refractivity contribution in [2.75, 3.05) is 16.8 Å². The van der Waals surface area contributed by atoms with Crippen LogP contribution in [0.3, 0.4) is 0 Å². The van der Waals surface area contributed by atoms with Crippen LogP contribution in [-0.4, -0.2) is 22.4 Å². The fraction of sp³-hybridized carbons (Fsp3) is 0.211. The molecular formula is C19H18N4O. The molecule has 1 N–H and O–H groups in total. The van der Waals surface area contributed by atoms with E-state index in [9.17, 15) is 4.79 Å². The molecule has 3 aromatic rings. The molecule has 0 aliphatic carbocycles. The zero-order valence-corrected chi connectivity index (χ0v) is 13.5. The van der Waals surface area contributed by atoms with Gasteiger partial charge in [0.1, 0.15) is 0 Å². The number of nitrogens with one attached hydrogen (secondary N) is 1. The Labute approximate surface area is 140 Å². The van der Waals surface area contributed by atoms with Crippen LogP contribution in [0.2, 0.25) is 0 Å². The van der Waals surface area contributed by atoms with Gasteiger partial charge in [0.15, 0.2) is 5.82 Å². The van der Waals surface area contributed by atoms with Gasteiger partial charge in [0.05, 0.1) is 16.7 Å². The maximum atomic E-state index is 11.8. The summed E-state index contributed by atoms with van der Waals surface area (Å²) < 4.78 is 0. The van der Waals surface area contributed by atoms with E-state index in [1.807, 2.05) is 60.4 Å². The van der Waals surface area contributed by atoms with E-state index < -0.39 is 0 Å². The predicted molar refractivity (Wildman–Crippen MR) is 95.6 cm³/mol. The zero-order chi connectivity index (χ0) is 16.5. The van der Waals surface area contributed by atoms with Crippen LogP contribution in [0.15, 0.2) is 48.5 Å². The zero-order valence-electron chi connectivity index (χ0n) is 13.5. The first-order valence-corrected chi connectivity index (χ1v) is 8.11. The van der Waals surface area contributed by atoms with Crippen LogP contribution >= 0.6 is 0 Å². The average molecular weight is 318 g/mol. The van der Waals surface area contributed by atoms with Gasteiger partial charge in [0, 0.05) is 24.3 Å². The van der Waals surface area contributed by atoms with Gasteiger partial charge < -0.3 is 10.2 Å². The van der Waals surface area contributed by atoms with Crippen molar-refractivity contribution < 1.29 is 4.79 Å². The van der Waals surface area contributed by atoms with E-state index in [4.69, 9.17) is 0 Å². The third kappa shape index (κ3) is 2.69. The smallest absolute Gasteiger partial charge is 0.227 e. The highest BCUT2D eigenvalue weighted by molar-refractivity contribution is 5.95. The summed E-state index contributed by atoms with van der Waals surface area (Å²) >= 11 is 0. The maximum absolute atomic E-state index is 11.8. The molecular weight excluding hydrogens is 300 g/mol. The summed E-state index contributed by atoms with van der Waals surface area (Å²) in [6.07, 6.45) is 1.58. The number of aromatic nitrogens is 2. The number of aryl methyl sites for hydroxylation is 1. The SMILES string of the molecule is Cc1nc2ccccc2nc1Nc1ccc(N2CCCC2=O)cc1. The molecule has 0 radical (unpaired) electrons. The second-order valence-corrected chi connectivity index (χ2v) is 5.97. The van der Waals surface area contributed by atoms with E-state index in [0.717, 1.165) is 46.9 Å². The summed E-state index contributed by atoms with van der Waals surface area (Å²) in [6, 6.07) is 15.7. The van der Waals surface area contributed by atoms with Crippen molar-refractivity contribution in [3.63, 3.8) is 0 Å². The van der Waals surface area contributed by atoms with Crippen LogP contribution in [0.4, 0.5) is 17.2 Å². The molecule has 0 saturated carbocycles. The number of hydrogen-bond donors (Lipinski definition) is 1. The summed E-state index contributed by atoms with van der Waals surface area (Å²) in [4.78, 5) is 22.9. The summed E-state index contributed by atoms with van der Waals surface area (Å²) in [5.41, 5.74) is 4.49. The molecule has 1 aliphatic heterocycles. The van der Waals surface area contributed by atoms with E-state index in [0.29, 0.717) is 6.42 Å². The number of para-hydroxylation sites is 2. The van der Waals surface area contributed by atoms with Gasteiger partial charge in [-0.1, -0.05) is 12.1 Å². The van der Waals surface area contributed by atoms with Crippen molar-refractivity contribution in [2.24, 2.45) is 0 Å². The van der Waals surface area contributed by atoms with Crippen molar-refractivity contribution in [3.05, 3.63) is 54.2 Å². The number of amides is 1. The summed E-state index contributed by atoms with van der Waals surface area (Å²) in [7, 11) is 0. The first-order chi connectivity index (χ1) is 11.7.